The molecule has 1 fully saturated rings. The number of amides is 1. The summed E-state index contributed by atoms with van der Waals surface area (Å²) in [6.07, 6.45) is -2.14. The van der Waals surface area contributed by atoms with Crippen molar-refractivity contribution in [1.82, 2.24) is 19.9 Å². The van der Waals surface area contributed by atoms with Crippen LogP contribution in [0.4, 0.5) is 13.2 Å². The van der Waals surface area contributed by atoms with Crippen LogP contribution in [0.3, 0.4) is 0 Å². The summed E-state index contributed by atoms with van der Waals surface area (Å²) in [6.45, 7) is 2.14. The molecule has 0 bridgehead atoms. The van der Waals surface area contributed by atoms with Crippen LogP contribution in [0.5, 0.6) is 0 Å². The molecular formula is C30H27F3N4O3. The molecule has 1 aliphatic rings. The summed E-state index contributed by atoms with van der Waals surface area (Å²) >= 11 is 0. The maximum atomic E-state index is 12.8. The smallest absolute Gasteiger partial charge is 0.465 e. The molecule has 0 unspecified atom stereocenters. The van der Waals surface area contributed by atoms with Crippen LogP contribution in [0.15, 0.2) is 72.9 Å². The number of benzene rings is 3. The molecule has 1 aromatic heterocycles. The minimum Gasteiger partial charge on any atom is -0.465 e. The first-order chi connectivity index (χ1) is 19.1. The minimum atomic E-state index is -4.85. The Balaban J connectivity index is 1.38. The third-order valence-corrected chi connectivity index (χ3v) is 7.18. The Morgan fingerprint density at radius 1 is 0.900 bits per heavy atom. The number of aryl methyl sites for hydroxylation is 1. The number of carbonyl (C=O) groups is 2. The van der Waals surface area contributed by atoms with Crippen LogP contribution in [-0.4, -0.2) is 58.1 Å². The maximum Gasteiger partial charge on any atom is 0.471 e. The van der Waals surface area contributed by atoms with Gasteiger partial charge >= 0.3 is 18.1 Å². The fourth-order valence-electron chi connectivity index (χ4n) is 4.94. The molecule has 0 saturated carbocycles. The van der Waals surface area contributed by atoms with Gasteiger partial charge in [-0.25, -0.2) is 9.48 Å². The van der Waals surface area contributed by atoms with Crippen molar-refractivity contribution >= 4 is 11.9 Å². The fourth-order valence-corrected chi connectivity index (χ4v) is 4.94. The average molecular weight is 549 g/mol. The molecule has 0 N–H and O–H groups in total. The van der Waals surface area contributed by atoms with Crippen molar-refractivity contribution in [2.75, 3.05) is 20.2 Å². The Morgan fingerprint density at radius 3 is 2.17 bits per heavy atom. The molecular weight excluding hydrogens is 521 g/mol. The van der Waals surface area contributed by atoms with E-state index in [1.165, 1.54) is 7.11 Å². The van der Waals surface area contributed by atoms with Crippen LogP contribution in [0.1, 0.15) is 40.2 Å². The lowest BCUT2D eigenvalue weighted by molar-refractivity contribution is -0.186. The first kappa shape index (κ1) is 27.1. The molecule has 2 heterocycles. The molecule has 10 heteroatoms. The summed E-state index contributed by atoms with van der Waals surface area (Å²) in [4.78, 5) is 24.9. The van der Waals surface area contributed by atoms with Gasteiger partial charge in [0.1, 0.15) is 5.69 Å². The number of carbonyl (C=O) groups excluding carboxylic acids is 2. The van der Waals surface area contributed by atoms with Gasteiger partial charge in [-0.15, -0.1) is 5.10 Å². The molecule has 40 heavy (non-hydrogen) atoms. The van der Waals surface area contributed by atoms with Crippen LogP contribution in [-0.2, 0) is 9.53 Å². The Kier molecular flexibility index (Phi) is 7.42. The summed E-state index contributed by atoms with van der Waals surface area (Å²) in [5.41, 5.74) is 6.35. The number of rotatable bonds is 5. The number of likely N-dealkylation sites (tertiary alicyclic amines) is 1. The van der Waals surface area contributed by atoms with Crippen molar-refractivity contribution in [3.63, 3.8) is 0 Å². The van der Waals surface area contributed by atoms with Gasteiger partial charge < -0.3 is 9.64 Å². The number of halogens is 3. The van der Waals surface area contributed by atoms with Gasteiger partial charge in [-0.05, 0) is 60.6 Å². The molecule has 0 radical (unpaired) electrons. The molecule has 0 atom stereocenters. The first-order valence-electron chi connectivity index (χ1n) is 12.8. The van der Waals surface area contributed by atoms with Crippen molar-refractivity contribution in [2.45, 2.75) is 31.9 Å². The lowest BCUT2D eigenvalue weighted by Crippen LogP contribution is -2.45. The zero-order chi connectivity index (χ0) is 28.4. The largest absolute Gasteiger partial charge is 0.471 e. The van der Waals surface area contributed by atoms with Crippen LogP contribution in [0, 0.1) is 6.92 Å². The van der Waals surface area contributed by atoms with Gasteiger partial charge in [0.25, 0.3) is 0 Å². The van der Waals surface area contributed by atoms with Crippen molar-refractivity contribution in [1.29, 1.82) is 0 Å². The van der Waals surface area contributed by atoms with E-state index in [0.29, 0.717) is 29.8 Å². The number of piperidine rings is 1. The monoisotopic (exact) mass is 548 g/mol. The summed E-state index contributed by atoms with van der Waals surface area (Å²) in [5, 5.41) is 8.56. The van der Waals surface area contributed by atoms with Crippen molar-refractivity contribution < 1.29 is 27.5 Å². The third-order valence-electron chi connectivity index (χ3n) is 7.18. The van der Waals surface area contributed by atoms with Gasteiger partial charge in [0, 0.05) is 18.7 Å². The van der Waals surface area contributed by atoms with Crippen molar-refractivity contribution in [3.8, 4) is 28.1 Å². The molecule has 4 aromatic rings. The van der Waals surface area contributed by atoms with Gasteiger partial charge in [0.2, 0.25) is 0 Å². The molecule has 1 amide bonds. The SMILES string of the molecule is COC(=O)c1cc(-c2ccc(C3CCN(C(=O)C(F)(F)F)CC3)cc2)cc(-n2cc(-c3ccc(C)cc3)nn2)c1. The number of hydrogen-bond donors (Lipinski definition) is 0. The van der Waals surface area contributed by atoms with Crippen LogP contribution in [0.25, 0.3) is 28.1 Å². The number of ether oxygens (including phenoxy) is 1. The molecule has 206 valence electrons. The average Bonchev–Trinajstić information content (AvgIpc) is 3.47. The van der Waals surface area contributed by atoms with E-state index in [0.717, 1.165) is 32.7 Å². The highest BCUT2D eigenvalue weighted by Gasteiger charge is 2.43. The predicted octanol–water partition coefficient (Wildman–Crippen LogP) is 5.96. The zero-order valence-electron chi connectivity index (χ0n) is 22.0. The van der Waals surface area contributed by atoms with Crippen molar-refractivity contribution in [2.24, 2.45) is 0 Å². The summed E-state index contributed by atoms with van der Waals surface area (Å²) < 4.78 is 44.9. The number of esters is 1. The maximum absolute atomic E-state index is 12.8. The second kappa shape index (κ2) is 11.0. The van der Waals surface area contributed by atoms with E-state index < -0.39 is 18.1 Å². The predicted molar refractivity (Wildman–Crippen MR) is 143 cm³/mol. The zero-order valence-corrected chi connectivity index (χ0v) is 22.0. The molecule has 1 aliphatic heterocycles. The van der Waals surface area contributed by atoms with E-state index in [4.69, 9.17) is 4.74 Å². The Bertz CT molecular complexity index is 1520. The Morgan fingerprint density at radius 2 is 1.55 bits per heavy atom. The van der Waals surface area contributed by atoms with E-state index in [1.807, 2.05) is 61.5 Å². The van der Waals surface area contributed by atoms with E-state index in [-0.39, 0.29) is 19.0 Å². The van der Waals surface area contributed by atoms with Gasteiger partial charge in [0.05, 0.1) is 24.6 Å². The van der Waals surface area contributed by atoms with E-state index >= 15 is 0 Å². The fraction of sp³-hybridized carbons (Fsp3) is 0.267. The van der Waals surface area contributed by atoms with E-state index in [9.17, 15) is 22.8 Å². The normalized spacial score (nSPS) is 14.3. The highest BCUT2D eigenvalue weighted by Crippen LogP contribution is 2.32. The van der Waals surface area contributed by atoms with E-state index in [1.54, 1.807) is 23.0 Å². The Labute approximate surface area is 229 Å². The first-order valence-corrected chi connectivity index (χ1v) is 12.8. The highest BCUT2D eigenvalue weighted by atomic mass is 19.4. The van der Waals surface area contributed by atoms with Gasteiger partial charge in [0.15, 0.2) is 0 Å². The lowest BCUT2D eigenvalue weighted by Gasteiger charge is -2.32. The van der Waals surface area contributed by atoms with Gasteiger partial charge in [-0.2, -0.15) is 13.2 Å². The number of methoxy groups -OCH3 is 1. The lowest BCUT2D eigenvalue weighted by atomic mass is 9.88. The molecule has 7 nitrogen and oxygen atoms in total. The van der Waals surface area contributed by atoms with E-state index in [2.05, 4.69) is 10.3 Å². The molecule has 5 rings (SSSR count). The third kappa shape index (κ3) is 5.75. The summed E-state index contributed by atoms with van der Waals surface area (Å²) in [6, 6.07) is 21.0. The summed E-state index contributed by atoms with van der Waals surface area (Å²) in [5.74, 6) is -2.21. The second-order valence-corrected chi connectivity index (χ2v) is 9.86. The summed E-state index contributed by atoms with van der Waals surface area (Å²) in [7, 11) is 1.32. The van der Waals surface area contributed by atoms with Crippen molar-refractivity contribution in [3.05, 3.63) is 89.6 Å². The molecule has 0 aliphatic carbocycles. The van der Waals surface area contributed by atoms with Gasteiger partial charge in [-0.3, -0.25) is 4.79 Å². The van der Waals surface area contributed by atoms with Crippen LogP contribution < -0.4 is 0 Å². The molecule has 1 saturated heterocycles. The quantitative estimate of drug-likeness (QED) is 0.288. The van der Waals surface area contributed by atoms with Crippen LogP contribution >= 0.6 is 0 Å². The highest BCUT2D eigenvalue weighted by molar-refractivity contribution is 5.92. The minimum absolute atomic E-state index is 0.0543. The topological polar surface area (TPSA) is 77.3 Å². The number of aromatic nitrogens is 3. The molecule has 0 spiro atoms. The standard InChI is InChI=1S/C30H27F3N4O3/c1-19-3-5-23(6-4-19)27-18-37(35-34-27)26-16-24(15-25(17-26)28(38)40-2)21-9-7-20(8-10-21)22-11-13-36(14-12-22)29(39)30(31,32)33/h3-10,15-18,22H,11-14H2,1-2H3. The number of hydrogen-bond acceptors (Lipinski definition) is 5. The van der Waals surface area contributed by atoms with Crippen LogP contribution in [0.2, 0.25) is 0 Å². The number of nitrogens with zero attached hydrogens (tertiary/aromatic N) is 4. The van der Waals surface area contributed by atoms with Gasteiger partial charge in [-0.1, -0.05) is 59.3 Å². The molecule has 3 aromatic carbocycles. The number of alkyl halides is 3. The second-order valence-electron chi connectivity index (χ2n) is 9.86. The Hall–Kier alpha value is -4.47.